The number of nitrogens with zero attached hydrogens (tertiary/aromatic N) is 2. The molecule has 0 saturated carbocycles. The van der Waals surface area contributed by atoms with Crippen LogP contribution in [0.1, 0.15) is 60.9 Å². The van der Waals surface area contributed by atoms with Crippen LogP contribution in [0.2, 0.25) is 0 Å². The summed E-state index contributed by atoms with van der Waals surface area (Å²) in [6, 6.07) is 14.7. The number of unbranched alkanes of at least 4 members (excludes halogenated alkanes) is 1. The molecule has 0 aliphatic carbocycles. The number of hydrogen-bond donors (Lipinski definition) is 4. The third-order valence-corrected chi connectivity index (χ3v) is 8.31. The van der Waals surface area contributed by atoms with Crippen LogP contribution in [0.3, 0.4) is 0 Å². The van der Waals surface area contributed by atoms with Crippen molar-refractivity contribution in [3.05, 3.63) is 107 Å². The monoisotopic (exact) mass is 614 g/mol. The first-order valence-electron chi connectivity index (χ1n) is 15.5. The SMILES string of the molecule is CCC/C=C\C=C(/N)c1cc(OC)cc(-c2ccc3ccc4c(c3n2)NC(c2cc(OC)cc(C3=NC=CCC3)c2O)C=C4)c1O. The molecule has 5 N–H and O–H groups in total. The van der Waals surface area contributed by atoms with Crippen LogP contribution in [-0.2, 0) is 0 Å². The molecule has 0 saturated heterocycles. The van der Waals surface area contributed by atoms with Gasteiger partial charge in [0.25, 0.3) is 0 Å². The molecule has 3 aromatic carbocycles. The molecule has 0 bridgehead atoms. The zero-order valence-corrected chi connectivity index (χ0v) is 26.2. The highest BCUT2D eigenvalue weighted by molar-refractivity contribution is 6.04. The molecule has 1 atom stereocenters. The maximum Gasteiger partial charge on any atom is 0.134 e. The van der Waals surface area contributed by atoms with Gasteiger partial charge in [0, 0.05) is 39.5 Å². The molecule has 0 amide bonds. The first-order chi connectivity index (χ1) is 22.4. The molecule has 8 heteroatoms. The number of phenolic OH excluding ortho intramolecular Hbond substituents is 2. The van der Waals surface area contributed by atoms with Crippen molar-refractivity contribution >= 4 is 34.1 Å². The van der Waals surface area contributed by atoms with E-state index in [1.54, 1.807) is 38.6 Å². The first-order valence-corrected chi connectivity index (χ1v) is 15.5. The molecule has 3 heterocycles. The second-order valence-corrected chi connectivity index (χ2v) is 11.3. The second kappa shape index (κ2) is 13.2. The molecule has 2 aliphatic heterocycles. The zero-order chi connectivity index (χ0) is 32.2. The van der Waals surface area contributed by atoms with E-state index >= 15 is 0 Å². The predicted molar refractivity (Wildman–Crippen MR) is 187 cm³/mol. The summed E-state index contributed by atoms with van der Waals surface area (Å²) in [5, 5.41) is 27.5. The minimum atomic E-state index is -0.361. The number of hydrogen-bond acceptors (Lipinski definition) is 8. The normalized spacial score (nSPS) is 15.9. The van der Waals surface area contributed by atoms with Crippen LogP contribution in [0.4, 0.5) is 5.69 Å². The number of fused-ring (bicyclic) bond motifs is 3. The molecule has 1 unspecified atom stereocenters. The minimum absolute atomic E-state index is 0.0233. The van der Waals surface area contributed by atoms with E-state index in [1.165, 1.54) is 0 Å². The largest absolute Gasteiger partial charge is 0.507 e. The third-order valence-electron chi connectivity index (χ3n) is 8.31. The number of pyridine rings is 1. The van der Waals surface area contributed by atoms with Crippen molar-refractivity contribution < 1.29 is 19.7 Å². The van der Waals surface area contributed by atoms with E-state index in [0.29, 0.717) is 45.1 Å². The number of aliphatic imine (C=N–C) groups is 1. The van der Waals surface area contributed by atoms with Crippen LogP contribution >= 0.6 is 0 Å². The summed E-state index contributed by atoms with van der Waals surface area (Å²) >= 11 is 0. The smallest absolute Gasteiger partial charge is 0.134 e. The van der Waals surface area contributed by atoms with E-state index in [-0.39, 0.29) is 17.5 Å². The summed E-state index contributed by atoms with van der Waals surface area (Å²) in [6.45, 7) is 2.11. The number of anilines is 1. The molecule has 234 valence electrons. The number of nitrogens with one attached hydrogen (secondary N) is 1. The van der Waals surface area contributed by atoms with Crippen molar-refractivity contribution in [3.8, 4) is 34.3 Å². The Balaban J connectivity index is 1.42. The molecule has 6 rings (SSSR count). The van der Waals surface area contributed by atoms with Gasteiger partial charge in [-0.3, -0.25) is 4.99 Å². The van der Waals surface area contributed by atoms with Crippen molar-refractivity contribution in [1.82, 2.24) is 4.98 Å². The molecule has 1 aromatic heterocycles. The fraction of sp³-hybridized carbons (Fsp3) is 0.211. The molecule has 0 spiro atoms. The third kappa shape index (κ3) is 5.94. The Morgan fingerprint density at radius 3 is 2.57 bits per heavy atom. The highest BCUT2D eigenvalue weighted by atomic mass is 16.5. The maximum absolute atomic E-state index is 11.5. The number of aromatic hydroxyl groups is 2. The molecule has 2 aliphatic rings. The van der Waals surface area contributed by atoms with Crippen LogP contribution in [-0.4, -0.2) is 35.1 Å². The summed E-state index contributed by atoms with van der Waals surface area (Å²) in [5.74, 6) is 1.38. The molecule has 8 nitrogen and oxygen atoms in total. The van der Waals surface area contributed by atoms with Crippen molar-refractivity contribution in [3.63, 3.8) is 0 Å². The fourth-order valence-electron chi connectivity index (χ4n) is 5.81. The lowest BCUT2D eigenvalue weighted by molar-refractivity contribution is 0.410. The Hall–Kier alpha value is -5.50. The number of benzene rings is 3. The number of aromatic nitrogens is 1. The van der Waals surface area contributed by atoms with Gasteiger partial charge in [0.05, 0.1) is 42.9 Å². The lowest BCUT2D eigenvalue weighted by atomic mass is 9.93. The van der Waals surface area contributed by atoms with Gasteiger partial charge in [-0.05, 0) is 61.2 Å². The van der Waals surface area contributed by atoms with E-state index in [4.69, 9.17) is 20.2 Å². The maximum atomic E-state index is 11.5. The molecule has 46 heavy (non-hydrogen) atoms. The topological polar surface area (TPSA) is 122 Å². The average Bonchev–Trinajstić information content (AvgIpc) is 3.10. The van der Waals surface area contributed by atoms with Crippen LogP contribution in [0.5, 0.6) is 23.0 Å². The van der Waals surface area contributed by atoms with Crippen molar-refractivity contribution in [1.29, 1.82) is 0 Å². The van der Waals surface area contributed by atoms with Crippen LogP contribution < -0.4 is 20.5 Å². The van der Waals surface area contributed by atoms with Gasteiger partial charge in [-0.25, -0.2) is 4.98 Å². The van der Waals surface area contributed by atoms with E-state index in [1.807, 2.05) is 66.8 Å². The van der Waals surface area contributed by atoms with E-state index in [0.717, 1.165) is 53.5 Å². The lowest BCUT2D eigenvalue weighted by Crippen LogP contribution is -2.15. The number of nitrogens with two attached hydrogens (primary N) is 1. The average molecular weight is 615 g/mol. The molecule has 0 radical (unpaired) electrons. The number of ether oxygens (including phenoxy) is 2. The lowest BCUT2D eigenvalue weighted by Gasteiger charge is -2.26. The van der Waals surface area contributed by atoms with Gasteiger partial charge >= 0.3 is 0 Å². The minimum Gasteiger partial charge on any atom is -0.507 e. The van der Waals surface area contributed by atoms with E-state index in [9.17, 15) is 10.2 Å². The standard InChI is InChI=1S/C38H38N4O4/c1-4-5-6-7-10-31(39)27-19-25(45-2)21-29(37(27)43)33-16-14-23-12-13-24-15-17-34(42-36(24)35(23)41-33)30-22-26(46-3)20-28(38(30)44)32-11-8-9-18-40-32/h6-7,9-10,12-22,34,42-44H,4-5,8,11,39H2,1-3H3/b7-6-,31-10-. The highest BCUT2D eigenvalue weighted by Crippen LogP contribution is 2.43. The second-order valence-electron chi connectivity index (χ2n) is 11.3. The van der Waals surface area contributed by atoms with Gasteiger partial charge in [0.1, 0.15) is 23.0 Å². The van der Waals surface area contributed by atoms with Crippen LogP contribution in [0.15, 0.2) is 90.1 Å². The van der Waals surface area contributed by atoms with Gasteiger partial charge in [-0.2, -0.15) is 0 Å². The number of allylic oxidation sites excluding steroid dienone is 4. The fourth-order valence-corrected chi connectivity index (χ4v) is 5.81. The summed E-state index contributed by atoms with van der Waals surface area (Å²) in [7, 11) is 3.20. The zero-order valence-electron chi connectivity index (χ0n) is 26.2. The Kier molecular flexibility index (Phi) is 8.79. The van der Waals surface area contributed by atoms with Gasteiger partial charge in [0.2, 0.25) is 0 Å². The molecular formula is C38H38N4O4. The van der Waals surface area contributed by atoms with Crippen LogP contribution in [0.25, 0.3) is 33.9 Å². The van der Waals surface area contributed by atoms with Crippen LogP contribution in [0, 0.1) is 0 Å². The Morgan fingerprint density at radius 2 is 1.80 bits per heavy atom. The number of phenols is 2. The Morgan fingerprint density at radius 1 is 1.02 bits per heavy atom. The number of rotatable bonds is 9. The Labute approximate surface area is 268 Å². The molecule has 0 fully saturated rings. The summed E-state index contributed by atoms with van der Waals surface area (Å²) in [5.41, 5.74) is 13.0. The van der Waals surface area contributed by atoms with E-state index < -0.39 is 0 Å². The van der Waals surface area contributed by atoms with Gasteiger partial charge in [-0.1, -0.05) is 61.9 Å². The highest BCUT2D eigenvalue weighted by Gasteiger charge is 2.25. The molecular weight excluding hydrogens is 576 g/mol. The van der Waals surface area contributed by atoms with Gasteiger partial charge < -0.3 is 30.7 Å². The summed E-state index contributed by atoms with van der Waals surface area (Å²) in [4.78, 5) is 9.58. The summed E-state index contributed by atoms with van der Waals surface area (Å²) in [6.07, 6.45) is 17.1. The first kappa shape index (κ1) is 30.5. The predicted octanol–water partition coefficient (Wildman–Crippen LogP) is 8.26. The Bertz CT molecular complexity index is 1950. The summed E-state index contributed by atoms with van der Waals surface area (Å²) < 4.78 is 11.2. The van der Waals surface area contributed by atoms with Crippen molar-refractivity contribution in [2.24, 2.45) is 10.7 Å². The number of methoxy groups -OCH3 is 2. The molecule has 4 aromatic rings. The quantitative estimate of drug-likeness (QED) is 0.140. The van der Waals surface area contributed by atoms with Crippen molar-refractivity contribution in [2.75, 3.05) is 19.5 Å². The van der Waals surface area contributed by atoms with Crippen molar-refractivity contribution in [2.45, 2.75) is 38.6 Å². The van der Waals surface area contributed by atoms with E-state index in [2.05, 4.69) is 17.2 Å². The van der Waals surface area contributed by atoms with Gasteiger partial charge in [0.15, 0.2) is 0 Å². The van der Waals surface area contributed by atoms with Gasteiger partial charge in [-0.15, -0.1) is 0 Å².